The number of hydrogen-bond acceptors (Lipinski definition) is 3. The summed E-state index contributed by atoms with van der Waals surface area (Å²) in [6.45, 7) is 12.0. The van der Waals surface area contributed by atoms with Crippen LogP contribution in [0.2, 0.25) is 0 Å². The van der Waals surface area contributed by atoms with Gasteiger partial charge >= 0.3 is 0 Å². The van der Waals surface area contributed by atoms with Crippen LogP contribution in [0, 0.1) is 0 Å². The third kappa shape index (κ3) is 4.81. The molecule has 4 heteroatoms. The van der Waals surface area contributed by atoms with Crippen LogP contribution in [0.4, 0.5) is 4.39 Å². The molecule has 19 heavy (non-hydrogen) atoms. The Kier molecular flexibility index (Phi) is 7.65. The van der Waals surface area contributed by atoms with Crippen LogP contribution >= 0.6 is 0 Å². The molecule has 1 rings (SSSR count). The van der Waals surface area contributed by atoms with Gasteiger partial charge < -0.3 is 4.90 Å². The van der Waals surface area contributed by atoms with Crippen LogP contribution < -0.4 is 0 Å². The Morgan fingerprint density at radius 2 is 2.00 bits per heavy atom. The number of amidine groups is 1. The lowest BCUT2D eigenvalue weighted by Crippen LogP contribution is -2.23. The monoisotopic (exact) mass is 266 g/mol. The molecule has 3 nitrogen and oxygen atoms in total. The number of halogens is 1. The number of carbonyl (C=O) groups is 1. The first-order chi connectivity index (χ1) is 8.97. The van der Waals surface area contributed by atoms with Gasteiger partial charge in [-0.25, -0.2) is 4.39 Å². The summed E-state index contributed by atoms with van der Waals surface area (Å²) in [4.78, 5) is 17.3. The average Bonchev–Trinajstić information content (AvgIpc) is 2.83. The quantitative estimate of drug-likeness (QED) is 0.577. The number of allylic oxidation sites excluding steroid dienone is 3. The predicted molar refractivity (Wildman–Crippen MR) is 79.0 cm³/mol. The molecule has 0 atom stereocenters. The lowest BCUT2D eigenvalue weighted by Gasteiger charge is -2.14. The van der Waals surface area contributed by atoms with Gasteiger partial charge in [-0.05, 0) is 19.9 Å². The van der Waals surface area contributed by atoms with Crippen LogP contribution in [0.15, 0.2) is 40.7 Å². The minimum absolute atomic E-state index is 0.116. The molecular formula is C15H23FN2O. The van der Waals surface area contributed by atoms with Gasteiger partial charge in [0.25, 0.3) is 0 Å². The molecule has 1 heterocycles. The van der Waals surface area contributed by atoms with E-state index in [2.05, 4.69) is 11.6 Å². The van der Waals surface area contributed by atoms with Crippen molar-refractivity contribution >= 4 is 11.6 Å². The molecule has 0 unspecified atom stereocenters. The number of ketones is 1. The summed E-state index contributed by atoms with van der Waals surface area (Å²) < 4.78 is 13.7. The second kappa shape index (κ2) is 8.40. The van der Waals surface area contributed by atoms with Crippen LogP contribution in [-0.2, 0) is 4.79 Å². The summed E-state index contributed by atoms with van der Waals surface area (Å²) in [5, 5.41) is 0. The molecule has 0 saturated heterocycles. The first kappa shape index (κ1) is 17.3. The van der Waals surface area contributed by atoms with Gasteiger partial charge in [0, 0.05) is 24.7 Å². The highest BCUT2D eigenvalue weighted by atomic mass is 19.1. The van der Waals surface area contributed by atoms with E-state index in [0.29, 0.717) is 18.0 Å². The Hall–Kier alpha value is -1.71. The van der Waals surface area contributed by atoms with E-state index in [1.165, 1.54) is 19.9 Å². The van der Waals surface area contributed by atoms with Gasteiger partial charge in [-0.1, -0.05) is 26.5 Å². The van der Waals surface area contributed by atoms with Gasteiger partial charge in [0.1, 0.15) is 11.7 Å². The molecule has 0 radical (unpaired) electrons. The van der Waals surface area contributed by atoms with Crippen molar-refractivity contribution in [3.05, 3.63) is 35.7 Å². The van der Waals surface area contributed by atoms with Gasteiger partial charge in [-0.15, -0.1) is 0 Å². The molecular weight excluding hydrogens is 243 g/mol. The van der Waals surface area contributed by atoms with Crippen LogP contribution in [-0.4, -0.2) is 36.7 Å². The molecule has 0 aromatic carbocycles. The first-order valence-corrected chi connectivity index (χ1v) is 6.44. The fraction of sp³-hybridized carbons (Fsp3) is 0.467. The van der Waals surface area contributed by atoms with E-state index in [4.69, 9.17) is 0 Å². The Morgan fingerprint density at radius 1 is 1.42 bits per heavy atom. The van der Waals surface area contributed by atoms with Crippen molar-refractivity contribution in [1.29, 1.82) is 0 Å². The molecule has 1 aliphatic heterocycles. The van der Waals surface area contributed by atoms with Crippen molar-refractivity contribution in [3.63, 3.8) is 0 Å². The number of rotatable bonds is 4. The lowest BCUT2D eigenvalue weighted by atomic mass is 10.1. The Balaban J connectivity index is 0.00000154. The molecule has 0 bridgehead atoms. The summed E-state index contributed by atoms with van der Waals surface area (Å²) >= 11 is 0. The van der Waals surface area contributed by atoms with Gasteiger partial charge in [0.15, 0.2) is 5.78 Å². The molecule has 0 aliphatic carbocycles. The number of carbonyl (C=O) groups excluding carboxylic acids is 1. The van der Waals surface area contributed by atoms with E-state index in [1.54, 1.807) is 6.08 Å². The van der Waals surface area contributed by atoms with Crippen molar-refractivity contribution in [2.24, 2.45) is 4.99 Å². The smallest absolute Gasteiger partial charge is 0.158 e. The topological polar surface area (TPSA) is 32.7 Å². The van der Waals surface area contributed by atoms with E-state index >= 15 is 0 Å². The number of Topliss-reactive ketones (excluding diaryl/α,β-unsaturated/α-hetero) is 1. The van der Waals surface area contributed by atoms with Crippen LogP contribution in [0.5, 0.6) is 0 Å². The fourth-order valence-corrected chi connectivity index (χ4v) is 1.47. The lowest BCUT2D eigenvalue weighted by molar-refractivity contribution is -0.113. The standard InChI is InChI=1S/C13H17FN2O.C2H6/c1-5-11(13-15-6-7-16(13)4)8-12(14)9(2)10(3)17;1-2/h5,8H,1,6-7H2,2-4H3;1-2H3/b11-8+,12-9-;. The highest BCUT2D eigenvalue weighted by Crippen LogP contribution is 2.15. The van der Waals surface area contributed by atoms with Gasteiger partial charge in [0.05, 0.1) is 6.54 Å². The molecule has 0 spiro atoms. The zero-order valence-electron chi connectivity index (χ0n) is 12.5. The number of aliphatic imine (C=N–C) groups is 1. The minimum atomic E-state index is -0.532. The second-order valence-corrected chi connectivity index (χ2v) is 3.96. The first-order valence-electron chi connectivity index (χ1n) is 6.44. The Labute approximate surface area is 115 Å². The summed E-state index contributed by atoms with van der Waals surface area (Å²) in [5.41, 5.74) is 0.716. The summed E-state index contributed by atoms with van der Waals surface area (Å²) in [6, 6.07) is 0. The number of likely N-dealkylation sites (N-methyl/N-ethyl adjacent to an activating group) is 1. The molecule has 106 valence electrons. The average molecular weight is 266 g/mol. The van der Waals surface area contributed by atoms with Gasteiger partial charge in [-0.2, -0.15) is 0 Å². The van der Waals surface area contributed by atoms with Crippen LogP contribution in [0.1, 0.15) is 27.7 Å². The van der Waals surface area contributed by atoms with Crippen molar-refractivity contribution in [3.8, 4) is 0 Å². The molecule has 0 saturated carbocycles. The fourth-order valence-electron chi connectivity index (χ4n) is 1.47. The Bertz CT molecular complexity index is 433. The van der Waals surface area contributed by atoms with E-state index in [0.717, 1.165) is 6.54 Å². The zero-order valence-corrected chi connectivity index (χ0v) is 12.5. The molecule has 0 amide bonds. The van der Waals surface area contributed by atoms with Crippen molar-refractivity contribution in [2.45, 2.75) is 27.7 Å². The summed E-state index contributed by atoms with van der Waals surface area (Å²) in [5.74, 6) is -0.0919. The third-order valence-electron chi connectivity index (χ3n) is 2.71. The molecule has 0 fully saturated rings. The van der Waals surface area contributed by atoms with Crippen molar-refractivity contribution < 1.29 is 9.18 Å². The zero-order chi connectivity index (χ0) is 15.0. The Morgan fingerprint density at radius 3 is 2.37 bits per heavy atom. The number of nitrogens with zero attached hydrogens (tertiary/aromatic N) is 2. The van der Waals surface area contributed by atoms with Crippen molar-refractivity contribution in [2.75, 3.05) is 20.1 Å². The largest absolute Gasteiger partial charge is 0.358 e. The summed E-state index contributed by atoms with van der Waals surface area (Å²) in [7, 11) is 1.89. The highest BCUT2D eigenvalue weighted by molar-refractivity contribution is 6.02. The molecule has 0 N–H and O–H groups in total. The summed E-state index contributed by atoms with van der Waals surface area (Å²) in [6.07, 6.45) is 2.86. The maximum atomic E-state index is 13.7. The molecule has 0 aromatic heterocycles. The minimum Gasteiger partial charge on any atom is -0.358 e. The van der Waals surface area contributed by atoms with E-state index in [1.807, 2.05) is 25.8 Å². The van der Waals surface area contributed by atoms with E-state index in [-0.39, 0.29) is 11.4 Å². The predicted octanol–water partition coefficient (Wildman–Crippen LogP) is 3.30. The third-order valence-corrected chi connectivity index (χ3v) is 2.71. The van der Waals surface area contributed by atoms with Crippen molar-refractivity contribution in [1.82, 2.24) is 4.90 Å². The second-order valence-electron chi connectivity index (χ2n) is 3.96. The highest BCUT2D eigenvalue weighted by Gasteiger charge is 2.16. The van der Waals surface area contributed by atoms with E-state index < -0.39 is 5.83 Å². The van der Waals surface area contributed by atoms with E-state index in [9.17, 15) is 9.18 Å². The molecule has 0 aromatic rings. The maximum Gasteiger partial charge on any atom is 0.158 e. The number of hydrogen-bond donors (Lipinski definition) is 0. The van der Waals surface area contributed by atoms with Gasteiger partial charge in [0.2, 0.25) is 0 Å². The maximum absolute atomic E-state index is 13.7. The SMILES string of the molecule is C=C/C(=C\C(F)=C(/C)C(C)=O)C1=NCCN1C.CC. The van der Waals surface area contributed by atoms with Crippen LogP contribution in [0.25, 0.3) is 0 Å². The van der Waals surface area contributed by atoms with Crippen LogP contribution in [0.3, 0.4) is 0 Å². The van der Waals surface area contributed by atoms with Gasteiger partial charge in [-0.3, -0.25) is 9.79 Å². The normalized spacial score (nSPS) is 16.2. The molecule has 1 aliphatic rings.